The van der Waals surface area contributed by atoms with Gasteiger partial charge in [-0.1, -0.05) is 197 Å². The van der Waals surface area contributed by atoms with E-state index in [0.29, 0.717) is 23.7 Å². The highest BCUT2D eigenvalue weighted by atomic mass is 15.2. The molecule has 9 aromatic carbocycles. The van der Waals surface area contributed by atoms with Gasteiger partial charge < -0.3 is 14.7 Å². The Labute approximate surface area is 434 Å². The summed E-state index contributed by atoms with van der Waals surface area (Å²) < 4.78 is 0. The molecule has 4 heteroatoms. The minimum Gasteiger partial charge on any atom is -0.311 e. The van der Waals surface area contributed by atoms with Crippen LogP contribution in [0.25, 0.3) is 22.3 Å². The molecule has 360 valence electrons. The van der Waals surface area contributed by atoms with Gasteiger partial charge in [0.05, 0.1) is 11.4 Å². The molecule has 3 aliphatic rings. The Morgan fingerprint density at radius 3 is 1.49 bits per heavy atom. The van der Waals surface area contributed by atoms with Gasteiger partial charge in [0.1, 0.15) is 0 Å². The zero-order valence-corrected chi connectivity index (χ0v) is 44.2. The van der Waals surface area contributed by atoms with E-state index in [1.54, 1.807) is 0 Å². The second kappa shape index (κ2) is 17.9. The lowest BCUT2D eigenvalue weighted by atomic mass is 9.33. The van der Waals surface area contributed by atoms with E-state index in [1.165, 1.54) is 94.8 Å². The fraction of sp³-hybridized carbons (Fsp3) is 0.217. The monoisotopic (exact) mass is 948 g/mol. The average Bonchev–Trinajstić information content (AvgIpc) is 3.63. The maximum atomic E-state index is 2.62. The summed E-state index contributed by atoms with van der Waals surface area (Å²) in [5.74, 6) is 1.60. The zero-order chi connectivity index (χ0) is 50.4. The van der Waals surface area contributed by atoms with Crippen LogP contribution in [-0.4, -0.2) is 6.71 Å². The van der Waals surface area contributed by atoms with Crippen molar-refractivity contribution in [3.05, 3.63) is 228 Å². The third kappa shape index (κ3) is 7.63. The van der Waals surface area contributed by atoms with Crippen LogP contribution in [0.1, 0.15) is 126 Å². The summed E-state index contributed by atoms with van der Waals surface area (Å²) in [6.45, 7) is 23.2. The van der Waals surface area contributed by atoms with Crippen LogP contribution in [0.15, 0.2) is 194 Å². The molecule has 2 heterocycles. The Balaban J connectivity index is 1.19. The van der Waals surface area contributed by atoms with Gasteiger partial charge in [-0.3, -0.25) is 0 Å². The number of rotatable bonds is 10. The molecule has 9 aromatic rings. The van der Waals surface area contributed by atoms with Gasteiger partial charge in [0.15, 0.2) is 0 Å². The highest BCUT2D eigenvalue weighted by Crippen LogP contribution is 2.53. The molecular weight excluding hydrogens is 882 g/mol. The van der Waals surface area contributed by atoms with E-state index in [4.69, 9.17) is 0 Å². The van der Waals surface area contributed by atoms with Gasteiger partial charge in [0.25, 0.3) is 6.71 Å². The molecule has 1 aliphatic carbocycles. The van der Waals surface area contributed by atoms with Crippen LogP contribution in [0.2, 0.25) is 0 Å². The molecule has 0 radical (unpaired) electrons. The Morgan fingerprint density at radius 1 is 0.370 bits per heavy atom. The zero-order valence-electron chi connectivity index (χ0n) is 44.2. The molecular formula is C69H66BN3. The van der Waals surface area contributed by atoms with Crippen molar-refractivity contribution >= 4 is 74.3 Å². The standard InChI is InChI=1S/C69H66BN3/c1-43(2)47-24-26-49(27-25-47)56-20-15-17-23-63(56)73-65-37-31-51(46(7)8)39-62(65)70-61-38-50(45(5)6)30-36-64(61)72(53-32-28-48(29-33-53)44(3)4)66-41-55(42-67(73)68(66)70)71(52-18-12-11-13-19-52)54-34-35-58-57-21-14-16-22-59(57)69(9,10)60(58)40-54/h11-46H,1-10H3. The molecule has 0 spiro atoms. The normalized spacial score (nSPS) is 13.9. The molecule has 0 aromatic heterocycles. The first kappa shape index (κ1) is 46.5. The average molecular weight is 948 g/mol. The lowest BCUT2D eigenvalue weighted by molar-refractivity contribution is 0.660. The molecule has 0 amide bonds. The molecule has 0 atom stereocenters. The van der Waals surface area contributed by atoms with Crippen LogP contribution in [-0.2, 0) is 5.41 Å². The minimum atomic E-state index is -0.163. The first-order valence-electron chi connectivity index (χ1n) is 26.7. The molecule has 2 aliphatic heterocycles. The molecule has 73 heavy (non-hydrogen) atoms. The minimum absolute atomic E-state index is 0.0224. The molecule has 0 N–H and O–H groups in total. The summed E-state index contributed by atoms with van der Waals surface area (Å²) in [4.78, 5) is 7.71. The summed E-state index contributed by atoms with van der Waals surface area (Å²) in [7, 11) is 0. The van der Waals surface area contributed by atoms with Gasteiger partial charge in [0.2, 0.25) is 0 Å². The van der Waals surface area contributed by atoms with E-state index in [-0.39, 0.29) is 12.1 Å². The van der Waals surface area contributed by atoms with E-state index in [0.717, 1.165) is 28.4 Å². The number of anilines is 9. The number of fused-ring (bicyclic) bond motifs is 7. The fourth-order valence-electron chi connectivity index (χ4n) is 12.2. The van der Waals surface area contributed by atoms with Crippen LogP contribution in [0.3, 0.4) is 0 Å². The molecule has 0 bridgehead atoms. The summed E-state index contributed by atoms with van der Waals surface area (Å²) in [6.07, 6.45) is 0. The van der Waals surface area contributed by atoms with Crippen molar-refractivity contribution in [3.63, 3.8) is 0 Å². The van der Waals surface area contributed by atoms with Gasteiger partial charge >= 0.3 is 0 Å². The van der Waals surface area contributed by atoms with Crippen LogP contribution in [0.4, 0.5) is 51.2 Å². The molecule has 0 fully saturated rings. The predicted molar refractivity (Wildman–Crippen MR) is 315 cm³/mol. The van der Waals surface area contributed by atoms with E-state index < -0.39 is 0 Å². The molecule has 0 saturated carbocycles. The van der Waals surface area contributed by atoms with Crippen molar-refractivity contribution in [2.24, 2.45) is 0 Å². The van der Waals surface area contributed by atoms with Gasteiger partial charge in [0, 0.05) is 50.8 Å². The summed E-state index contributed by atoms with van der Waals surface area (Å²) in [5.41, 5.74) is 27.5. The van der Waals surface area contributed by atoms with Crippen LogP contribution in [0, 0.1) is 0 Å². The lowest BCUT2D eigenvalue weighted by Gasteiger charge is -2.45. The first-order valence-corrected chi connectivity index (χ1v) is 26.7. The highest BCUT2D eigenvalue weighted by Gasteiger charge is 2.45. The smallest absolute Gasteiger partial charge is 0.252 e. The largest absolute Gasteiger partial charge is 0.311 e. The van der Waals surface area contributed by atoms with Crippen molar-refractivity contribution < 1.29 is 0 Å². The van der Waals surface area contributed by atoms with Gasteiger partial charge in [-0.05, 0) is 157 Å². The van der Waals surface area contributed by atoms with E-state index in [2.05, 4.69) is 278 Å². The van der Waals surface area contributed by atoms with Gasteiger partial charge in [-0.2, -0.15) is 0 Å². The van der Waals surface area contributed by atoms with E-state index in [9.17, 15) is 0 Å². The Kier molecular flexibility index (Phi) is 11.4. The Morgan fingerprint density at radius 2 is 0.877 bits per heavy atom. The van der Waals surface area contributed by atoms with Crippen molar-refractivity contribution in [2.45, 2.75) is 98.3 Å². The first-order chi connectivity index (χ1) is 35.3. The summed E-state index contributed by atoms with van der Waals surface area (Å²) in [5, 5.41) is 0. The predicted octanol–water partition coefficient (Wildman–Crippen LogP) is 17.7. The second-order valence-electron chi connectivity index (χ2n) is 22.6. The molecule has 0 unspecified atom stereocenters. The van der Waals surface area contributed by atoms with Gasteiger partial charge in [-0.15, -0.1) is 0 Å². The SMILES string of the molecule is CC(C)c1ccc(-c2ccccc2N2c3ccc(C(C)C)cc3B3c4cc(C(C)C)ccc4N(c4ccc(C(C)C)cc4)c4cc(N(c5ccccc5)c5ccc6c(c5)C(C)(C)c5ccccc5-6)cc2c43)cc1. The van der Waals surface area contributed by atoms with Crippen LogP contribution < -0.4 is 31.1 Å². The Hall–Kier alpha value is -7.56. The lowest BCUT2D eigenvalue weighted by Crippen LogP contribution is -2.61. The highest BCUT2D eigenvalue weighted by molar-refractivity contribution is 7.00. The topological polar surface area (TPSA) is 9.72 Å². The number of hydrogen-bond acceptors (Lipinski definition) is 3. The molecule has 0 saturated heterocycles. The molecule has 12 rings (SSSR count). The fourth-order valence-corrected chi connectivity index (χ4v) is 12.2. The van der Waals surface area contributed by atoms with Gasteiger partial charge in [-0.25, -0.2) is 0 Å². The third-order valence-corrected chi connectivity index (χ3v) is 16.4. The van der Waals surface area contributed by atoms with E-state index >= 15 is 0 Å². The number of hydrogen-bond donors (Lipinski definition) is 0. The quantitative estimate of drug-likeness (QED) is 0.127. The summed E-state index contributed by atoms with van der Waals surface area (Å²) >= 11 is 0. The summed E-state index contributed by atoms with van der Waals surface area (Å²) in [6, 6.07) is 74.6. The van der Waals surface area contributed by atoms with Crippen molar-refractivity contribution in [2.75, 3.05) is 14.7 Å². The number of para-hydroxylation sites is 2. The van der Waals surface area contributed by atoms with Crippen LogP contribution >= 0.6 is 0 Å². The van der Waals surface area contributed by atoms with E-state index in [1.807, 2.05) is 0 Å². The van der Waals surface area contributed by atoms with Crippen LogP contribution in [0.5, 0.6) is 0 Å². The van der Waals surface area contributed by atoms with Crippen molar-refractivity contribution in [1.29, 1.82) is 0 Å². The third-order valence-electron chi connectivity index (χ3n) is 16.4. The molecule has 3 nitrogen and oxygen atoms in total. The Bertz CT molecular complexity index is 3570. The maximum Gasteiger partial charge on any atom is 0.252 e. The number of benzene rings is 9. The maximum absolute atomic E-state index is 2.62. The van der Waals surface area contributed by atoms with Crippen molar-refractivity contribution in [3.8, 4) is 22.3 Å². The number of nitrogens with zero attached hydrogens (tertiary/aromatic N) is 3. The second-order valence-corrected chi connectivity index (χ2v) is 22.6. The van der Waals surface area contributed by atoms with Crippen molar-refractivity contribution in [1.82, 2.24) is 0 Å².